The van der Waals surface area contributed by atoms with E-state index in [1.165, 1.54) is 0 Å². The van der Waals surface area contributed by atoms with E-state index in [0.29, 0.717) is 0 Å². The summed E-state index contributed by atoms with van der Waals surface area (Å²) in [5.74, 6) is -10.7. The number of rotatable bonds is 22. The van der Waals surface area contributed by atoms with Crippen molar-refractivity contribution >= 4 is 47.8 Å². The number of quaternary nitrogens is 1. The molecule has 0 atom stereocenters. The Kier molecular flexibility index (Phi) is 33.1. The van der Waals surface area contributed by atoms with Crippen LogP contribution in [0, 0.1) is 0 Å². The summed E-state index contributed by atoms with van der Waals surface area (Å²) in [6, 6.07) is 0. The fraction of sp³-hybridized carbons (Fsp3) is 0.600. The van der Waals surface area contributed by atoms with Crippen LogP contribution in [0.25, 0.3) is 0 Å². The molecule has 23 heteroatoms. The van der Waals surface area contributed by atoms with Gasteiger partial charge in [-0.2, -0.15) is 0 Å². The summed E-state index contributed by atoms with van der Waals surface area (Å²) in [4.78, 5) is 88.0. The Hall–Kier alpha value is -2.44. The summed E-state index contributed by atoms with van der Waals surface area (Å²) >= 11 is 0. The van der Waals surface area contributed by atoms with Gasteiger partial charge in [0, 0.05) is 45.8 Å². The first-order chi connectivity index (χ1) is 18.4. The van der Waals surface area contributed by atoms with E-state index < -0.39 is 100 Å². The van der Waals surface area contributed by atoms with E-state index in [-0.39, 0.29) is 91.4 Å². The molecular weight excluding hydrogens is 612 g/mol. The average Bonchev–Trinajstić information content (AvgIpc) is 2.72. The fourth-order valence-corrected chi connectivity index (χ4v) is 2.93. The Morgan fingerprint density at radius 2 is 0.512 bits per heavy atom. The van der Waals surface area contributed by atoms with Crippen LogP contribution in [0.3, 0.4) is 0 Å². The molecule has 0 aliphatic carbocycles. The first-order valence-electron chi connectivity index (χ1n) is 11.0. The van der Waals surface area contributed by atoms with Gasteiger partial charge in [0.15, 0.2) is 0 Å². The summed E-state index contributed by atoms with van der Waals surface area (Å²) in [5.41, 5.74) is 0. The topological polar surface area (TPSA) is 356 Å². The van der Waals surface area contributed by atoms with Gasteiger partial charge in [-0.15, -0.1) is 0 Å². The zero-order chi connectivity index (χ0) is 31.4. The van der Waals surface area contributed by atoms with Crippen molar-refractivity contribution in [2.75, 3.05) is 78.5 Å². The maximum atomic E-state index is 10.6. The van der Waals surface area contributed by atoms with Crippen LogP contribution < -0.4 is 80.6 Å². The second-order valence-corrected chi connectivity index (χ2v) is 7.93. The Bertz CT molecular complexity index is 718. The molecule has 21 nitrogen and oxygen atoms in total. The van der Waals surface area contributed by atoms with Crippen LogP contribution in [0.1, 0.15) is 0 Å². The van der Waals surface area contributed by atoms with E-state index in [0.717, 1.165) is 19.6 Å². The van der Waals surface area contributed by atoms with E-state index in [1.54, 1.807) is 0 Å². The molecule has 236 valence electrons. The first-order valence-corrected chi connectivity index (χ1v) is 11.0. The summed E-state index contributed by atoms with van der Waals surface area (Å²) in [7, 11) is 0. The van der Waals surface area contributed by atoms with Crippen LogP contribution in [-0.2, 0) is 38.4 Å². The number of aliphatic carboxylic acids is 8. The Morgan fingerprint density at radius 3 is 0.651 bits per heavy atom. The minimum Gasteiger partial charge on any atom is -0.549 e. The second kappa shape index (κ2) is 28.3. The maximum absolute atomic E-state index is 10.6. The van der Waals surface area contributed by atoms with Crippen LogP contribution in [0.4, 0.5) is 0 Å². The Morgan fingerprint density at radius 1 is 0.372 bits per heavy atom. The van der Waals surface area contributed by atoms with Crippen molar-refractivity contribution in [3.63, 3.8) is 0 Å². The third-order valence-electron chi connectivity index (χ3n) is 4.32. The van der Waals surface area contributed by atoms with Crippen molar-refractivity contribution in [3.8, 4) is 0 Å². The van der Waals surface area contributed by atoms with Crippen molar-refractivity contribution in [2.24, 2.45) is 0 Å². The van der Waals surface area contributed by atoms with Gasteiger partial charge in [0.25, 0.3) is 0 Å². The Labute approximate surface area is 288 Å². The number of hydrogen-bond acceptors (Lipinski definition) is 15. The van der Waals surface area contributed by atoms with Gasteiger partial charge in [-0.1, -0.05) is 0 Å². The van der Waals surface area contributed by atoms with Crippen molar-refractivity contribution < 1.29 is 138 Å². The molecule has 0 fully saturated rings. The zero-order valence-corrected chi connectivity index (χ0v) is 28.0. The second-order valence-electron chi connectivity index (χ2n) is 7.93. The largest absolute Gasteiger partial charge is 1.00 e. The maximum Gasteiger partial charge on any atom is 1.00 e. The van der Waals surface area contributed by atoms with Gasteiger partial charge < -0.3 is 61.4 Å². The first kappa shape index (κ1) is 50.2. The van der Waals surface area contributed by atoms with Gasteiger partial charge in [0.1, 0.15) is 0 Å². The molecule has 43 heavy (non-hydrogen) atoms. The molecule has 0 rings (SSSR count). The molecular formula is C20H33N5Na2O16. The average molecular weight is 645 g/mol. The van der Waals surface area contributed by atoms with E-state index in [4.69, 9.17) is 25.5 Å². The SMILES string of the molecule is O=C(O)CN(CCN(CC(=O)O)CC(=O)O)CC(=O)O.O=C([O-])CN(CCN(CC(=O)[O-])CC(=O)O)CC(=O)[O-].[NH4+].[Na+].[Na+]. The number of nitrogens with zero attached hydrogens (tertiary/aromatic N) is 4. The quantitative estimate of drug-likeness (QED) is 0.0595. The van der Waals surface area contributed by atoms with Crippen molar-refractivity contribution in [2.45, 2.75) is 0 Å². The third-order valence-corrected chi connectivity index (χ3v) is 4.32. The molecule has 0 unspecified atom stereocenters. The minimum absolute atomic E-state index is 0. The summed E-state index contributed by atoms with van der Waals surface area (Å²) in [5, 5.41) is 74.3. The van der Waals surface area contributed by atoms with Crippen molar-refractivity contribution in [1.29, 1.82) is 0 Å². The number of carboxylic acid groups (broad SMARTS) is 8. The predicted molar refractivity (Wildman–Crippen MR) is 125 cm³/mol. The number of carbonyl (C=O) groups is 8. The molecule has 0 aliphatic rings. The summed E-state index contributed by atoms with van der Waals surface area (Å²) in [6.07, 6.45) is 0. The molecule has 0 heterocycles. The molecule has 0 amide bonds. The minimum atomic E-state index is -1.52. The summed E-state index contributed by atoms with van der Waals surface area (Å²) in [6.45, 7) is -5.25. The summed E-state index contributed by atoms with van der Waals surface area (Å²) < 4.78 is 0. The molecule has 0 bridgehead atoms. The molecule has 0 aliphatic heterocycles. The zero-order valence-electron chi connectivity index (χ0n) is 24.0. The van der Waals surface area contributed by atoms with Crippen molar-refractivity contribution in [1.82, 2.24) is 25.8 Å². The monoisotopic (exact) mass is 645 g/mol. The molecule has 0 aromatic rings. The van der Waals surface area contributed by atoms with E-state index in [1.807, 2.05) is 0 Å². The van der Waals surface area contributed by atoms with Crippen LogP contribution >= 0.6 is 0 Å². The molecule has 0 aromatic heterocycles. The predicted octanol–water partition coefficient (Wildman–Crippen LogP) is -13.8. The van der Waals surface area contributed by atoms with E-state index >= 15 is 0 Å². The van der Waals surface area contributed by atoms with E-state index in [2.05, 4.69) is 0 Å². The number of hydrogen-bond donors (Lipinski definition) is 6. The van der Waals surface area contributed by atoms with E-state index in [9.17, 15) is 53.7 Å². The Balaban J connectivity index is -0.000000209. The van der Waals surface area contributed by atoms with Crippen molar-refractivity contribution in [3.05, 3.63) is 0 Å². The normalized spacial score (nSPS) is 9.95. The molecule has 0 spiro atoms. The standard InChI is InChI=1S/2C10H16N2O8.H3N.2Na/c2*13-7(14)3-11(4-8(15)16)1-2-12(5-9(17)18)6-10(19)20;;;/h2*1-6H2,(H,13,14)(H,15,16)(H,17,18)(H,19,20);1H3;;/q;;;2*+1/p-2. The van der Waals surface area contributed by atoms with Gasteiger partial charge >= 0.3 is 89.0 Å². The molecule has 0 saturated heterocycles. The van der Waals surface area contributed by atoms with Gasteiger partial charge in [0.05, 0.1) is 50.6 Å². The van der Waals surface area contributed by atoms with Gasteiger partial charge in [0.2, 0.25) is 0 Å². The van der Waals surface area contributed by atoms with Crippen LogP contribution in [0.15, 0.2) is 0 Å². The molecule has 0 aromatic carbocycles. The molecule has 9 N–H and O–H groups in total. The number of carboxylic acids is 8. The molecule has 0 radical (unpaired) electrons. The van der Waals surface area contributed by atoms with Gasteiger partial charge in [-0.05, 0) is 0 Å². The number of carbonyl (C=O) groups excluding carboxylic acids is 3. The van der Waals surface area contributed by atoms with Gasteiger partial charge in [-0.3, -0.25) is 43.6 Å². The smallest absolute Gasteiger partial charge is 0.549 e. The van der Waals surface area contributed by atoms with Gasteiger partial charge in [-0.25, -0.2) is 0 Å². The van der Waals surface area contributed by atoms with Crippen LogP contribution in [0.2, 0.25) is 0 Å². The fourth-order valence-electron chi connectivity index (χ4n) is 2.93. The molecule has 0 saturated carbocycles. The van der Waals surface area contributed by atoms with Crippen LogP contribution in [0.5, 0.6) is 0 Å². The third kappa shape index (κ3) is 35.7. The van der Waals surface area contributed by atoms with Crippen LogP contribution in [-0.4, -0.2) is 171 Å².